The summed E-state index contributed by atoms with van der Waals surface area (Å²) in [7, 11) is 0. The average Bonchev–Trinajstić information content (AvgIpc) is 3.00. The molecule has 1 atom stereocenters. The van der Waals surface area contributed by atoms with Crippen molar-refractivity contribution >= 4 is 17.4 Å². The summed E-state index contributed by atoms with van der Waals surface area (Å²) in [6.45, 7) is 1.64. The number of aromatic nitrogens is 4. The molecule has 1 aliphatic heterocycles. The number of hydrogen-bond acceptors (Lipinski definition) is 5. The van der Waals surface area contributed by atoms with Crippen molar-refractivity contribution in [2.24, 2.45) is 0 Å². The molecule has 1 saturated heterocycles. The second-order valence-electron chi connectivity index (χ2n) is 4.81. The predicted octanol–water partition coefficient (Wildman–Crippen LogP) is 0.968. The molecule has 0 saturated carbocycles. The molecule has 1 aliphatic rings. The monoisotopic (exact) mass is 279 g/mol. The third kappa shape index (κ3) is 2.54. The third-order valence-electron chi connectivity index (χ3n) is 3.30. The normalized spacial score (nSPS) is 22.9. The molecule has 3 rings (SSSR count). The standard InChI is InChI=1S/C12H14ClN5O/c13-10-2-1-4-14-11(10)17-6-3-12(19,8-17)9-18-7-5-15-16-18/h1-2,4-5,7,19H,3,6,8-9H2. The maximum absolute atomic E-state index is 10.6. The van der Waals surface area contributed by atoms with E-state index in [0.717, 1.165) is 12.4 Å². The van der Waals surface area contributed by atoms with Crippen LogP contribution in [0.3, 0.4) is 0 Å². The van der Waals surface area contributed by atoms with Crippen LogP contribution < -0.4 is 4.90 Å². The fourth-order valence-corrected chi connectivity index (χ4v) is 2.64. The van der Waals surface area contributed by atoms with Crippen LogP contribution in [0.5, 0.6) is 0 Å². The van der Waals surface area contributed by atoms with Crippen LogP contribution in [-0.2, 0) is 6.54 Å². The van der Waals surface area contributed by atoms with E-state index in [-0.39, 0.29) is 0 Å². The quantitative estimate of drug-likeness (QED) is 0.907. The van der Waals surface area contributed by atoms with Crippen molar-refractivity contribution in [2.75, 3.05) is 18.0 Å². The highest BCUT2D eigenvalue weighted by Gasteiger charge is 2.37. The number of nitrogens with zero attached hydrogens (tertiary/aromatic N) is 5. The molecule has 1 N–H and O–H groups in total. The molecule has 0 aromatic carbocycles. The molecule has 7 heteroatoms. The summed E-state index contributed by atoms with van der Waals surface area (Å²) in [6, 6.07) is 3.60. The molecule has 1 fully saturated rings. The zero-order valence-electron chi connectivity index (χ0n) is 10.3. The fraction of sp³-hybridized carbons (Fsp3) is 0.417. The van der Waals surface area contributed by atoms with Crippen LogP contribution in [0.1, 0.15) is 6.42 Å². The van der Waals surface area contributed by atoms with Crippen LogP contribution in [0, 0.1) is 0 Å². The van der Waals surface area contributed by atoms with Gasteiger partial charge in [-0.25, -0.2) is 9.67 Å². The summed E-state index contributed by atoms with van der Waals surface area (Å²) in [4.78, 5) is 6.27. The molecule has 0 radical (unpaired) electrons. The fourth-order valence-electron chi connectivity index (χ4n) is 2.39. The molecule has 0 bridgehead atoms. The highest BCUT2D eigenvalue weighted by molar-refractivity contribution is 6.32. The Labute approximate surface area is 115 Å². The Bertz CT molecular complexity index is 561. The van der Waals surface area contributed by atoms with Gasteiger partial charge in [0.2, 0.25) is 0 Å². The Morgan fingerprint density at radius 3 is 3.05 bits per heavy atom. The summed E-state index contributed by atoms with van der Waals surface area (Å²) in [6.07, 6.45) is 5.70. The third-order valence-corrected chi connectivity index (χ3v) is 3.59. The van der Waals surface area contributed by atoms with E-state index in [1.54, 1.807) is 35.4 Å². The van der Waals surface area contributed by atoms with Gasteiger partial charge in [0.25, 0.3) is 0 Å². The Morgan fingerprint density at radius 1 is 1.42 bits per heavy atom. The number of hydrogen-bond donors (Lipinski definition) is 1. The zero-order chi connectivity index (χ0) is 13.3. The average molecular weight is 280 g/mol. The molecule has 2 aromatic rings. The smallest absolute Gasteiger partial charge is 0.147 e. The van der Waals surface area contributed by atoms with Crippen LogP contribution in [0.2, 0.25) is 5.02 Å². The van der Waals surface area contributed by atoms with Crippen molar-refractivity contribution in [1.29, 1.82) is 0 Å². The lowest BCUT2D eigenvalue weighted by molar-refractivity contribution is 0.0408. The molecule has 0 aliphatic carbocycles. The SMILES string of the molecule is OC1(Cn2ccnn2)CCN(c2ncccc2Cl)C1. The number of β-amino-alcohol motifs (C(OH)–C–C–N with tert-alkyl or cyclic N) is 1. The molecule has 2 aromatic heterocycles. The van der Waals surface area contributed by atoms with E-state index in [9.17, 15) is 5.11 Å². The Hall–Kier alpha value is -1.66. The van der Waals surface area contributed by atoms with Crippen molar-refractivity contribution in [3.63, 3.8) is 0 Å². The molecule has 0 spiro atoms. The summed E-state index contributed by atoms with van der Waals surface area (Å²) >= 11 is 6.13. The van der Waals surface area contributed by atoms with Crippen LogP contribution in [0.25, 0.3) is 0 Å². The van der Waals surface area contributed by atoms with Crippen molar-refractivity contribution in [1.82, 2.24) is 20.0 Å². The molecule has 6 nitrogen and oxygen atoms in total. The van der Waals surface area contributed by atoms with Gasteiger partial charge < -0.3 is 10.0 Å². The minimum Gasteiger partial charge on any atom is -0.386 e. The molecule has 0 amide bonds. The lowest BCUT2D eigenvalue weighted by atomic mass is 10.0. The Balaban J connectivity index is 1.75. The van der Waals surface area contributed by atoms with Gasteiger partial charge in [-0.15, -0.1) is 5.10 Å². The maximum Gasteiger partial charge on any atom is 0.147 e. The van der Waals surface area contributed by atoms with Crippen molar-refractivity contribution in [3.05, 3.63) is 35.7 Å². The van der Waals surface area contributed by atoms with E-state index < -0.39 is 5.60 Å². The van der Waals surface area contributed by atoms with E-state index >= 15 is 0 Å². The first-order valence-corrected chi connectivity index (χ1v) is 6.46. The van der Waals surface area contributed by atoms with Gasteiger partial charge in [0, 0.05) is 18.9 Å². The second kappa shape index (κ2) is 4.79. The molecular weight excluding hydrogens is 266 g/mol. The highest BCUT2D eigenvalue weighted by atomic mass is 35.5. The number of aliphatic hydroxyl groups is 1. The van der Waals surface area contributed by atoms with Gasteiger partial charge in [-0.3, -0.25) is 0 Å². The van der Waals surface area contributed by atoms with E-state index in [0.29, 0.717) is 24.5 Å². The number of rotatable bonds is 3. The molecule has 1 unspecified atom stereocenters. The van der Waals surface area contributed by atoms with Gasteiger partial charge in [0.05, 0.1) is 24.3 Å². The van der Waals surface area contributed by atoms with Crippen molar-refractivity contribution < 1.29 is 5.11 Å². The highest BCUT2D eigenvalue weighted by Crippen LogP contribution is 2.30. The Morgan fingerprint density at radius 2 is 2.32 bits per heavy atom. The summed E-state index contributed by atoms with van der Waals surface area (Å²) in [5.41, 5.74) is -0.825. The van der Waals surface area contributed by atoms with Gasteiger partial charge in [0.1, 0.15) is 11.4 Å². The van der Waals surface area contributed by atoms with Crippen molar-refractivity contribution in [3.8, 4) is 0 Å². The summed E-state index contributed by atoms with van der Waals surface area (Å²) in [5.74, 6) is 0.721. The number of halogens is 1. The molecule has 19 heavy (non-hydrogen) atoms. The van der Waals surface area contributed by atoms with Crippen LogP contribution >= 0.6 is 11.6 Å². The van der Waals surface area contributed by atoms with Crippen molar-refractivity contribution in [2.45, 2.75) is 18.6 Å². The Kier molecular flexibility index (Phi) is 3.12. The van der Waals surface area contributed by atoms with Crippen LogP contribution in [0.4, 0.5) is 5.82 Å². The topological polar surface area (TPSA) is 67.1 Å². The summed E-state index contributed by atoms with van der Waals surface area (Å²) < 4.78 is 1.64. The lowest BCUT2D eigenvalue weighted by Crippen LogP contribution is -2.38. The van der Waals surface area contributed by atoms with Gasteiger partial charge in [0.15, 0.2) is 0 Å². The molecule has 3 heterocycles. The minimum absolute atomic E-state index is 0.425. The lowest BCUT2D eigenvalue weighted by Gasteiger charge is -2.23. The number of anilines is 1. The first-order chi connectivity index (χ1) is 9.16. The van der Waals surface area contributed by atoms with Crippen LogP contribution in [-0.4, -0.2) is 43.8 Å². The zero-order valence-corrected chi connectivity index (χ0v) is 11.0. The predicted molar refractivity (Wildman–Crippen MR) is 71.0 cm³/mol. The van der Waals surface area contributed by atoms with E-state index in [4.69, 9.17) is 11.6 Å². The van der Waals surface area contributed by atoms with E-state index in [2.05, 4.69) is 15.3 Å². The number of pyridine rings is 1. The van der Waals surface area contributed by atoms with Gasteiger partial charge in [-0.05, 0) is 18.6 Å². The first kappa shape index (κ1) is 12.4. The molecule has 100 valence electrons. The summed E-state index contributed by atoms with van der Waals surface area (Å²) in [5, 5.41) is 18.8. The van der Waals surface area contributed by atoms with Gasteiger partial charge >= 0.3 is 0 Å². The minimum atomic E-state index is -0.825. The van der Waals surface area contributed by atoms with E-state index in [1.807, 2.05) is 4.90 Å². The van der Waals surface area contributed by atoms with Gasteiger partial charge in [-0.1, -0.05) is 16.8 Å². The second-order valence-corrected chi connectivity index (χ2v) is 5.21. The first-order valence-electron chi connectivity index (χ1n) is 6.08. The maximum atomic E-state index is 10.6. The van der Waals surface area contributed by atoms with Gasteiger partial charge in [-0.2, -0.15) is 0 Å². The largest absolute Gasteiger partial charge is 0.386 e. The van der Waals surface area contributed by atoms with E-state index in [1.165, 1.54) is 0 Å². The van der Waals surface area contributed by atoms with Crippen LogP contribution in [0.15, 0.2) is 30.7 Å². The molecular formula is C12H14ClN5O.